The molecule has 0 aliphatic carbocycles. The Kier molecular flexibility index (Phi) is 4.53. The van der Waals surface area contributed by atoms with Crippen molar-refractivity contribution in [2.75, 3.05) is 18.6 Å². The highest BCUT2D eigenvalue weighted by atomic mass is 16.6. The predicted molar refractivity (Wildman–Crippen MR) is 65.7 cm³/mol. The van der Waals surface area contributed by atoms with E-state index in [9.17, 15) is 4.79 Å². The van der Waals surface area contributed by atoms with Crippen molar-refractivity contribution < 1.29 is 9.53 Å². The molecule has 0 aliphatic heterocycles. The molecule has 0 unspecified atom stereocenters. The molecule has 0 bridgehead atoms. The van der Waals surface area contributed by atoms with Crippen LogP contribution in [-0.2, 0) is 4.74 Å². The molecule has 0 atom stereocenters. The smallest absolute Gasteiger partial charge is 0.414 e. The molecule has 1 amide bonds. The van der Waals surface area contributed by atoms with Crippen LogP contribution in [0.15, 0.2) is 24.3 Å². The first kappa shape index (κ1) is 13.0. The van der Waals surface area contributed by atoms with E-state index in [1.165, 1.54) is 4.90 Å². The quantitative estimate of drug-likeness (QED) is 0.805. The molecule has 1 rings (SSSR count). The molecule has 1 aromatic rings. The summed E-state index contributed by atoms with van der Waals surface area (Å²) in [6.45, 7) is 4.34. The molecular weight excluding hydrogens is 216 g/mol. The second-order valence-electron chi connectivity index (χ2n) is 4.19. The van der Waals surface area contributed by atoms with Crippen LogP contribution in [-0.4, -0.2) is 19.7 Å². The molecule has 4 nitrogen and oxygen atoms in total. The third-order valence-corrected chi connectivity index (χ3v) is 2.18. The van der Waals surface area contributed by atoms with Crippen LogP contribution < -0.4 is 4.90 Å². The number of benzene rings is 1. The lowest BCUT2D eigenvalue weighted by molar-refractivity contribution is 0.141. The van der Waals surface area contributed by atoms with Crippen molar-refractivity contribution in [1.29, 1.82) is 5.26 Å². The van der Waals surface area contributed by atoms with Crippen LogP contribution in [0, 0.1) is 17.2 Å². The van der Waals surface area contributed by atoms with Gasteiger partial charge in [0.1, 0.15) is 0 Å². The third kappa shape index (κ3) is 3.80. The van der Waals surface area contributed by atoms with Gasteiger partial charge in [0.15, 0.2) is 0 Å². The van der Waals surface area contributed by atoms with E-state index in [0.717, 1.165) is 0 Å². The first-order valence-corrected chi connectivity index (χ1v) is 5.45. The summed E-state index contributed by atoms with van der Waals surface area (Å²) in [5.41, 5.74) is 1.17. The van der Waals surface area contributed by atoms with E-state index >= 15 is 0 Å². The SMILES string of the molecule is CC(C)COC(=O)N(C)c1cccc(C#N)c1. The Labute approximate surface area is 101 Å². The summed E-state index contributed by atoms with van der Waals surface area (Å²) in [4.78, 5) is 13.1. The lowest BCUT2D eigenvalue weighted by Crippen LogP contribution is -2.28. The van der Waals surface area contributed by atoms with Gasteiger partial charge < -0.3 is 4.74 Å². The second-order valence-corrected chi connectivity index (χ2v) is 4.19. The Bertz CT molecular complexity index is 435. The molecule has 0 heterocycles. The van der Waals surface area contributed by atoms with Gasteiger partial charge in [0.05, 0.1) is 18.2 Å². The molecule has 17 heavy (non-hydrogen) atoms. The molecule has 0 aliphatic rings. The van der Waals surface area contributed by atoms with E-state index in [1.807, 2.05) is 19.9 Å². The first-order chi connectivity index (χ1) is 8.04. The van der Waals surface area contributed by atoms with Crippen molar-refractivity contribution in [3.05, 3.63) is 29.8 Å². The lowest BCUT2D eigenvalue weighted by Gasteiger charge is -2.18. The normalized spacial score (nSPS) is 9.82. The maximum Gasteiger partial charge on any atom is 0.414 e. The molecule has 0 fully saturated rings. The summed E-state index contributed by atoms with van der Waals surface area (Å²) in [6.07, 6.45) is -0.409. The number of amides is 1. The van der Waals surface area contributed by atoms with E-state index in [1.54, 1.807) is 31.3 Å². The molecule has 0 radical (unpaired) electrons. The monoisotopic (exact) mass is 232 g/mol. The minimum Gasteiger partial charge on any atom is -0.449 e. The summed E-state index contributed by atoms with van der Waals surface area (Å²) in [6, 6.07) is 8.87. The van der Waals surface area contributed by atoms with Crippen LogP contribution in [0.5, 0.6) is 0 Å². The Morgan fingerprint density at radius 2 is 2.24 bits per heavy atom. The van der Waals surface area contributed by atoms with Crippen LogP contribution >= 0.6 is 0 Å². The molecular formula is C13H16N2O2. The van der Waals surface area contributed by atoms with Crippen molar-refractivity contribution in [3.8, 4) is 6.07 Å². The van der Waals surface area contributed by atoms with Crippen molar-refractivity contribution in [3.63, 3.8) is 0 Å². The summed E-state index contributed by atoms with van der Waals surface area (Å²) in [5.74, 6) is 0.304. The predicted octanol–water partition coefficient (Wildman–Crippen LogP) is 2.79. The minimum atomic E-state index is -0.409. The number of nitrogens with zero attached hydrogens (tertiary/aromatic N) is 2. The van der Waals surface area contributed by atoms with Crippen LogP contribution in [0.1, 0.15) is 19.4 Å². The number of ether oxygens (including phenoxy) is 1. The van der Waals surface area contributed by atoms with Gasteiger partial charge in [0.25, 0.3) is 0 Å². The van der Waals surface area contributed by atoms with Crippen LogP contribution in [0.3, 0.4) is 0 Å². The van der Waals surface area contributed by atoms with E-state index in [0.29, 0.717) is 23.8 Å². The highest BCUT2D eigenvalue weighted by Crippen LogP contribution is 2.15. The average molecular weight is 232 g/mol. The van der Waals surface area contributed by atoms with E-state index in [2.05, 4.69) is 0 Å². The van der Waals surface area contributed by atoms with Gasteiger partial charge in [-0.3, -0.25) is 4.90 Å². The zero-order valence-corrected chi connectivity index (χ0v) is 10.3. The van der Waals surface area contributed by atoms with Gasteiger partial charge in [-0.15, -0.1) is 0 Å². The number of rotatable bonds is 3. The molecule has 90 valence electrons. The Balaban J connectivity index is 2.71. The first-order valence-electron chi connectivity index (χ1n) is 5.45. The maximum atomic E-state index is 11.7. The van der Waals surface area contributed by atoms with Crippen molar-refractivity contribution >= 4 is 11.8 Å². The summed E-state index contributed by atoms with van der Waals surface area (Å²) >= 11 is 0. The van der Waals surface area contributed by atoms with Gasteiger partial charge in [0.2, 0.25) is 0 Å². The van der Waals surface area contributed by atoms with Gasteiger partial charge >= 0.3 is 6.09 Å². The summed E-state index contributed by atoms with van der Waals surface area (Å²) in [7, 11) is 1.62. The van der Waals surface area contributed by atoms with Gasteiger partial charge in [-0.25, -0.2) is 4.79 Å². The standard InChI is InChI=1S/C13H16N2O2/c1-10(2)9-17-13(16)15(3)12-6-4-5-11(7-12)8-14/h4-7,10H,9H2,1-3H3. The van der Waals surface area contributed by atoms with E-state index < -0.39 is 6.09 Å². The van der Waals surface area contributed by atoms with Crippen LogP contribution in [0.2, 0.25) is 0 Å². The molecule has 1 aromatic carbocycles. The van der Waals surface area contributed by atoms with Crippen molar-refractivity contribution in [1.82, 2.24) is 0 Å². The Hall–Kier alpha value is -2.02. The number of carbonyl (C=O) groups is 1. The number of anilines is 1. The topological polar surface area (TPSA) is 53.3 Å². The maximum absolute atomic E-state index is 11.7. The highest BCUT2D eigenvalue weighted by molar-refractivity contribution is 5.87. The summed E-state index contributed by atoms with van der Waals surface area (Å²) < 4.78 is 5.10. The average Bonchev–Trinajstić information content (AvgIpc) is 2.35. The Morgan fingerprint density at radius 1 is 1.53 bits per heavy atom. The zero-order chi connectivity index (χ0) is 12.8. The Morgan fingerprint density at radius 3 is 2.82 bits per heavy atom. The zero-order valence-electron chi connectivity index (χ0n) is 10.3. The van der Waals surface area contributed by atoms with Gasteiger partial charge in [-0.2, -0.15) is 5.26 Å². The number of carbonyl (C=O) groups excluding carboxylic acids is 1. The number of nitriles is 1. The largest absolute Gasteiger partial charge is 0.449 e. The van der Waals surface area contributed by atoms with Crippen molar-refractivity contribution in [2.45, 2.75) is 13.8 Å². The van der Waals surface area contributed by atoms with E-state index in [4.69, 9.17) is 10.00 Å². The van der Waals surface area contributed by atoms with Crippen LogP contribution in [0.25, 0.3) is 0 Å². The molecule has 0 aromatic heterocycles. The molecule has 0 N–H and O–H groups in total. The molecule has 0 spiro atoms. The fourth-order valence-corrected chi connectivity index (χ4v) is 1.22. The van der Waals surface area contributed by atoms with Crippen molar-refractivity contribution in [2.24, 2.45) is 5.92 Å². The fraction of sp³-hybridized carbons (Fsp3) is 0.385. The fourth-order valence-electron chi connectivity index (χ4n) is 1.22. The number of hydrogen-bond donors (Lipinski definition) is 0. The molecule has 0 saturated carbocycles. The molecule has 0 saturated heterocycles. The molecule has 4 heteroatoms. The van der Waals surface area contributed by atoms with E-state index in [-0.39, 0.29) is 0 Å². The second kappa shape index (κ2) is 5.90. The van der Waals surface area contributed by atoms with Gasteiger partial charge in [0, 0.05) is 12.7 Å². The number of hydrogen-bond acceptors (Lipinski definition) is 3. The highest BCUT2D eigenvalue weighted by Gasteiger charge is 2.12. The minimum absolute atomic E-state index is 0.304. The van der Waals surface area contributed by atoms with Crippen LogP contribution in [0.4, 0.5) is 10.5 Å². The lowest BCUT2D eigenvalue weighted by atomic mass is 10.2. The van der Waals surface area contributed by atoms with Gasteiger partial charge in [-0.05, 0) is 24.1 Å². The summed E-state index contributed by atoms with van der Waals surface area (Å²) in [5, 5.41) is 8.77. The third-order valence-electron chi connectivity index (χ3n) is 2.18. The van der Waals surface area contributed by atoms with Gasteiger partial charge in [-0.1, -0.05) is 19.9 Å².